The van der Waals surface area contributed by atoms with E-state index in [1.807, 2.05) is 0 Å². The van der Waals surface area contributed by atoms with E-state index in [4.69, 9.17) is 0 Å². The van der Waals surface area contributed by atoms with Crippen molar-refractivity contribution in [3.05, 3.63) is 29.3 Å². The number of rotatable bonds is 3. The van der Waals surface area contributed by atoms with Gasteiger partial charge in [-0.05, 0) is 38.0 Å². The average molecular weight is 231 g/mol. The molecule has 1 aromatic rings. The molecule has 1 N–H and O–H groups in total. The number of likely N-dealkylation sites (N-methyl/N-ethyl adjacent to an activating group) is 1. The van der Waals surface area contributed by atoms with Crippen molar-refractivity contribution in [2.24, 2.45) is 4.99 Å². The van der Waals surface area contributed by atoms with Crippen molar-refractivity contribution in [1.29, 1.82) is 0 Å². The van der Waals surface area contributed by atoms with Gasteiger partial charge in [-0.2, -0.15) is 0 Å². The maximum Gasteiger partial charge on any atom is 0.121 e. The summed E-state index contributed by atoms with van der Waals surface area (Å²) in [5.74, 6) is 1.16. The summed E-state index contributed by atoms with van der Waals surface area (Å²) in [4.78, 5) is 6.77. The SMILES string of the molecule is Cc1cccc(NC(C)C2=NCCN2C)c1C. The summed E-state index contributed by atoms with van der Waals surface area (Å²) in [6.45, 7) is 8.43. The molecule has 92 valence electrons. The van der Waals surface area contributed by atoms with E-state index >= 15 is 0 Å². The number of nitrogens with one attached hydrogen (secondary N) is 1. The van der Waals surface area contributed by atoms with Crippen LogP contribution in [0.4, 0.5) is 5.69 Å². The molecule has 0 spiro atoms. The van der Waals surface area contributed by atoms with E-state index < -0.39 is 0 Å². The van der Waals surface area contributed by atoms with Gasteiger partial charge in [-0.3, -0.25) is 4.99 Å². The van der Waals surface area contributed by atoms with Crippen LogP contribution in [0, 0.1) is 13.8 Å². The predicted molar refractivity (Wildman–Crippen MR) is 73.9 cm³/mol. The van der Waals surface area contributed by atoms with Gasteiger partial charge in [0.25, 0.3) is 0 Å². The number of hydrogen-bond acceptors (Lipinski definition) is 3. The van der Waals surface area contributed by atoms with Crippen molar-refractivity contribution >= 4 is 11.5 Å². The number of aliphatic imine (C=N–C) groups is 1. The summed E-state index contributed by atoms with van der Waals surface area (Å²) < 4.78 is 0. The molecule has 1 aliphatic rings. The fourth-order valence-electron chi connectivity index (χ4n) is 2.22. The lowest BCUT2D eigenvalue weighted by atomic mass is 10.1. The highest BCUT2D eigenvalue weighted by Gasteiger charge is 2.19. The van der Waals surface area contributed by atoms with Gasteiger partial charge in [0.2, 0.25) is 0 Å². The molecule has 0 aliphatic carbocycles. The summed E-state index contributed by atoms with van der Waals surface area (Å²) in [6.07, 6.45) is 0. The summed E-state index contributed by atoms with van der Waals surface area (Å²) in [5.41, 5.74) is 3.85. The summed E-state index contributed by atoms with van der Waals surface area (Å²) in [5, 5.41) is 3.55. The smallest absolute Gasteiger partial charge is 0.121 e. The zero-order valence-electron chi connectivity index (χ0n) is 11.1. The normalized spacial score (nSPS) is 16.9. The second-order valence-electron chi connectivity index (χ2n) is 4.77. The number of anilines is 1. The van der Waals surface area contributed by atoms with Crippen molar-refractivity contribution in [3.8, 4) is 0 Å². The first-order valence-corrected chi connectivity index (χ1v) is 6.18. The van der Waals surface area contributed by atoms with E-state index in [-0.39, 0.29) is 6.04 Å². The van der Waals surface area contributed by atoms with Crippen LogP contribution in [-0.2, 0) is 0 Å². The van der Waals surface area contributed by atoms with Crippen LogP contribution < -0.4 is 5.32 Å². The highest BCUT2D eigenvalue weighted by Crippen LogP contribution is 2.19. The number of amidine groups is 1. The van der Waals surface area contributed by atoms with Gasteiger partial charge in [-0.15, -0.1) is 0 Å². The van der Waals surface area contributed by atoms with E-state index in [1.165, 1.54) is 16.8 Å². The molecule has 0 saturated heterocycles. The number of aryl methyl sites for hydroxylation is 1. The molecule has 0 bridgehead atoms. The maximum atomic E-state index is 4.54. The zero-order chi connectivity index (χ0) is 12.4. The molecule has 3 heteroatoms. The van der Waals surface area contributed by atoms with E-state index in [0.29, 0.717) is 0 Å². The third-order valence-corrected chi connectivity index (χ3v) is 3.46. The molecule has 1 heterocycles. The van der Waals surface area contributed by atoms with Crippen LogP contribution in [0.2, 0.25) is 0 Å². The van der Waals surface area contributed by atoms with Crippen LogP contribution in [0.25, 0.3) is 0 Å². The van der Waals surface area contributed by atoms with Gasteiger partial charge >= 0.3 is 0 Å². The van der Waals surface area contributed by atoms with Crippen LogP contribution >= 0.6 is 0 Å². The molecule has 0 amide bonds. The molecule has 3 nitrogen and oxygen atoms in total. The van der Waals surface area contributed by atoms with E-state index in [0.717, 1.165) is 18.9 Å². The molecular weight excluding hydrogens is 210 g/mol. The van der Waals surface area contributed by atoms with Gasteiger partial charge in [0.15, 0.2) is 0 Å². The lowest BCUT2D eigenvalue weighted by molar-refractivity contribution is 0.542. The van der Waals surface area contributed by atoms with Crippen LogP contribution in [-0.4, -0.2) is 36.9 Å². The zero-order valence-corrected chi connectivity index (χ0v) is 11.1. The average Bonchev–Trinajstić information content (AvgIpc) is 2.71. The molecule has 2 rings (SSSR count). The third kappa shape index (κ3) is 2.43. The molecule has 1 atom stereocenters. The summed E-state index contributed by atoms with van der Waals surface area (Å²) in [7, 11) is 2.10. The van der Waals surface area contributed by atoms with Crippen LogP contribution in [0.3, 0.4) is 0 Å². The number of nitrogens with zero attached hydrogens (tertiary/aromatic N) is 2. The Morgan fingerprint density at radius 3 is 2.76 bits per heavy atom. The Labute approximate surface area is 104 Å². The first-order chi connectivity index (χ1) is 8.09. The standard InChI is InChI=1S/C14H21N3/c1-10-6-5-7-13(11(10)2)16-12(3)14-15-8-9-17(14)4/h5-7,12,16H,8-9H2,1-4H3. The van der Waals surface area contributed by atoms with Gasteiger partial charge in [-0.25, -0.2) is 0 Å². The molecule has 0 aromatic heterocycles. The molecule has 0 radical (unpaired) electrons. The maximum absolute atomic E-state index is 4.54. The second-order valence-corrected chi connectivity index (χ2v) is 4.77. The highest BCUT2D eigenvalue weighted by atomic mass is 15.2. The molecule has 17 heavy (non-hydrogen) atoms. The molecule has 1 unspecified atom stereocenters. The molecule has 1 aliphatic heterocycles. The first-order valence-electron chi connectivity index (χ1n) is 6.18. The minimum atomic E-state index is 0.267. The van der Waals surface area contributed by atoms with Crippen molar-refractivity contribution in [2.75, 3.05) is 25.5 Å². The Hall–Kier alpha value is -1.51. The van der Waals surface area contributed by atoms with Crippen LogP contribution in [0.1, 0.15) is 18.1 Å². The third-order valence-electron chi connectivity index (χ3n) is 3.46. The Morgan fingerprint density at radius 2 is 2.12 bits per heavy atom. The van der Waals surface area contributed by atoms with E-state index in [2.05, 4.69) is 61.2 Å². The highest BCUT2D eigenvalue weighted by molar-refractivity contribution is 5.90. The topological polar surface area (TPSA) is 27.6 Å². The van der Waals surface area contributed by atoms with Crippen molar-refractivity contribution in [3.63, 3.8) is 0 Å². The van der Waals surface area contributed by atoms with Crippen molar-refractivity contribution < 1.29 is 0 Å². The monoisotopic (exact) mass is 231 g/mol. The van der Waals surface area contributed by atoms with Crippen molar-refractivity contribution in [2.45, 2.75) is 26.8 Å². The lowest BCUT2D eigenvalue weighted by Crippen LogP contribution is -2.36. The van der Waals surface area contributed by atoms with Gasteiger partial charge in [0.05, 0.1) is 12.6 Å². The van der Waals surface area contributed by atoms with E-state index in [1.54, 1.807) is 0 Å². The van der Waals surface area contributed by atoms with Gasteiger partial charge < -0.3 is 10.2 Å². The summed E-state index contributed by atoms with van der Waals surface area (Å²) >= 11 is 0. The fourth-order valence-corrected chi connectivity index (χ4v) is 2.22. The Kier molecular flexibility index (Phi) is 3.36. The minimum absolute atomic E-state index is 0.267. The van der Waals surface area contributed by atoms with Crippen LogP contribution in [0.15, 0.2) is 23.2 Å². The van der Waals surface area contributed by atoms with E-state index in [9.17, 15) is 0 Å². The number of hydrogen-bond donors (Lipinski definition) is 1. The molecule has 0 saturated carbocycles. The van der Waals surface area contributed by atoms with Gasteiger partial charge in [0.1, 0.15) is 5.84 Å². The van der Waals surface area contributed by atoms with Crippen molar-refractivity contribution in [1.82, 2.24) is 4.90 Å². The largest absolute Gasteiger partial charge is 0.375 e. The summed E-state index contributed by atoms with van der Waals surface area (Å²) in [6, 6.07) is 6.64. The van der Waals surface area contributed by atoms with Crippen LogP contribution in [0.5, 0.6) is 0 Å². The van der Waals surface area contributed by atoms with Gasteiger partial charge in [0, 0.05) is 19.3 Å². The molecule has 1 aromatic carbocycles. The Bertz CT molecular complexity index is 437. The quantitative estimate of drug-likeness (QED) is 0.865. The second kappa shape index (κ2) is 4.78. The lowest BCUT2D eigenvalue weighted by Gasteiger charge is -2.23. The first kappa shape index (κ1) is 12.0. The fraction of sp³-hybridized carbons (Fsp3) is 0.500. The minimum Gasteiger partial charge on any atom is -0.375 e. The molecule has 0 fully saturated rings. The molecular formula is C14H21N3. The number of benzene rings is 1. The predicted octanol–water partition coefficient (Wildman–Crippen LogP) is 2.45. The van der Waals surface area contributed by atoms with Gasteiger partial charge in [-0.1, -0.05) is 12.1 Å². The Morgan fingerprint density at radius 1 is 1.35 bits per heavy atom. The Balaban J connectivity index is 2.13.